The first-order valence-corrected chi connectivity index (χ1v) is 6.96. The van der Waals surface area contributed by atoms with Gasteiger partial charge in [-0.3, -0.25) is 0 Å². The Labute approximate surface area is 109 Å². The molecule has 2 aromatic rings. The van der Waals surface area contributed by atoms with Gasteiger partial charge >= 0.3 is 0 Å². The van der Waals surface area contributed by atoms with E-state index in [0.717, 1.165) is 41.8 Å². The fourth-order valence-electron chi connectivity index (χ4n) is 2.10. The molecule has 1 aliphatic rings. The van der Waals surface area contributed by atoms with Crippen molar-refractivity contribution in [2.45, 2.75) is 6.92 Å². The largest absolute Gasteiger partial charge is 0.346 e. The molecule has 1 fully saturated rings. The van der Waals surface area contributed by atoms with Crippen molar-refractivity contribution >= 4 is 38.3 Å². The Morgan fingerprint density at radius 3 is 2.88 bits per heavy atom. The van der Waals surface area contributed by atoms with Gasteiger partial charge in [0.1, 0.15) is 5.52 Å². The van der Waals surface area contributed by atoms with E-state index < -0.39 is 0 Å². The van der Waals surface area contributed by atoms with Gasteiger partial charge < -0.3 is 10.2 Å². The van der Waals surface area contributed by atoms with E-state index in [0.29, 0.717) is 0 Å². The number of fused-ring (bicyclic) bond motifs is 1. The topological polar surface area (TPSA) is 28.2 Å². The summed E-state index contributed by atoms with van der Waals surface area (Å²) in [6.07, 6.45) is 0. The Bertz CT molecular complexity index is 546. The van der Waals surface area contributed by atoms with Crippen molar-refractivity contribution < 1.29 is 0 Å². The van der Waals surface area contributed by atoms with Crippen LogP contribution in [0.15, 0.2) is 12.1 Å². The minimum Gasteiger partial charge on any atom is -0.346 e. The molecule has 2 heterocycles. The van der Waals surface area contributed by atoms with Crippen molar-refractivity contribution in [1.82, 2.24) is 10.3 Å². The number of hydrogen-bond donors (Lipinski definition) is 1. The zero-order valence-electron chi connectivity index (χ0n) is 9.66. The van der Waals surface area contributed by atoms with Crippen LogP contribution in [0.4, 0.5) is 5.13 Å². The van der Waals surface area contributed by atoms with Crippen LogP contribution >= 0.6 is 22.9 Å². The number of nitrogens with one attached hydrogen (secondary N) is 1. The lowest BCUT2D eigenvalue weighted by Gasteiger charge is -2.26. The standard InChI is InChI=1S/C12H14ClN3S/c1-8-6-9(13)11-10(7-8)17-12(15-11)16-4-2-14-3-5-16/h6-7,14H,2-5H2,1H3. The molecule has 90 valence electrons. The van der Waals surface area contributed by atoms with Gasteiger partial charge in [0, 0.05) is 26.2 Å². The van der Waals surface area contributed by atoms with Crippen molar-refractivity contribution in [3.63, 3.8) is 0 Å². The monoisotopic (exact) mass is 267 g/mol. The summed E-state index contributed by atoms with van der Waals surface area (Å²) in [6.45, 7) is 6.17. The van der Waals surface area contributed by atoms with E-state index in [1.54, 1.807) is 11.3 Å². The minimum absolute atomic E-state index is 0.762. The molecule has 0 atom stereocenters. The van der Waals surface area contributed by atoms with Gasteiger partial charge in [-0.2, -0.15) is 0 Å². The summed E-state index contributed by atoms with van der Waals surface area (Å²) in [5.74, 6) is 0. The molecule has 17 heavy (non-hydrogen) atoms. The van der Waals surface area contributed by atoms with Crippen molar-refractivity contribution in [3.05, 3.63) is 22.7 Å². The number of nitrogens with zero attached hydrogens (tertiary/aromatic N) is 2. The predicted molar refractivity (Wildman–Crippen MR) is 74.4 cm³/mol. The first-order chi connectivity index (χ1) is 8.24. The number of anilines is 1. The van der Waals surface area contributed by atoms with E-state index in [9.17, 15) is 0 Å². The molecule has 0 amide bonds. The molecule has 1 N–H and O–H groups in total. The Hall–Kier alpha value is -0.840. The molecule has 5 heteroatoms. The third kappa shape index (κ3) is 2.12. The van der Waals surface area contributed by atoms with Crippen LogP contribution in [0, 0.1) is 6.92 Å². The summed E-state index contributed by atoms with van der Waals surface area (Å²) in [5, 5.41) is 5.20. The Morgan fingerprint density at radius 2 is 2.12 bits per heavy atom. The lowest BCUT2D eigenvalue weighted by Crippen LogP contribution is -2.43. The maximum atomic E-state index is 6.23. The smallest absolute Gasteiger partial charge is 0.186 e. The molecule has 0 bridgehead atoms. The molecule has 1 aromatic heterocycles. The van der Waals surface area contributed by atoms with Gasteiger partial charge in [0.25, 0.3) is 0 Å². The van der Waals surface area contributed by atoms with Crippen molar-refractivity contribution in [1.29, 1.82) is 0 Å². The van der Waals surface area contributed by atoms with Gasteiger partial charge in [-0.25, -0.2) is 4.98 Å². The summed E-state index contributed by atoms with van der Waals surface area (Å²) in [7, 11) is 0. The average Bonchev–Trinajstić information content (AvgIpc) is 2.74. The predicted octanol–water partition coefficient (Wildman–Crippen LogP) is 2.67. The number of hydrogen-bond acceptors (Lipinski definition) is 4. The second-order valence-electron chi connectivity index (χ2n) is 4.33. The zero-order chi connectivity index (χ0) is 11.8. The van der Waals surface area contributed by atoms with Crippen LogP contribution in [-0.4, -0.2) is 31.2 Å². The lowest BCUT2D eigenvalue weighted by molar-refractivity contribution is 0.588. The highest BCUT2D eigenvalue weighted by atomic mass is 35.5. The molecular weight excluding hydrogens is 254 g/mol. The van der Waals surface area contributed by atoms with Crippen LogP contribution in [0.2, 0.25) is 5.02 Å². The fraction of sp³-hybridized carbons (Fsp3) is 0.417. The normalized spacial score (nSPS) is 16.7. The van der Waals surface area contributed by atoms with Crippen LogP contribution in [0.1, 0.15) is 5.56 Å². The van der Waals surface area contributed by atoms with Crippen LogP contribution in [0.3, 0.4) is 0 Å². The third-order valence-corrected chi connectivity index (χ3v) is 4.32. The first kappa shape index (κ1) is 11.3. The molecule has 0 unspecified atom stereocenters. The average molecular weight is 268 g/mol. The van der Waals surface area contributed by atoms with Gasteiger partial charge in [0.15, 0.2) is 5.13 Å². The van der Waals surface area contributed by atoms with E-state index >= 15 is 0 Å². The van der Waals surface area contributed by atoms with Crippen LogP contribution in [0.5, 0.6) is 0 Å². The molecule has 0 spiro atoms. The molecule has 0 radical (unpaired) electrons. The zero-order valence-corrected chi connectivity index (χ0v) is 11.2. The molecule has 3 nitrogen and oxygen atoms in total. The summed E-state index contributed by atoms with van der Waals surface area (Å²) >= 11 is 7.96. The Balaban J connectivity index is 2.03. The van der Waals surface area contributed by atoms with Gasteiger partial charge in [0.05, 0.1) is 9.72 Å². The molecule has 1 aromatic carbocycles. The quantitative estimate of drug-likeness (QED) is 0.861. The third-order valence-electron chi connectivity index (χ3n) is 2.97. The number of benzene rings is 1. The summed E-state index contributed by atoms with van der Waals surface area (Å²) in [6, 6.07) is 4.13. The van der Waals surface area contributed by atoms with Gasteiger partial charge in [-0.1, -0.05) is 22.9 Å². The lowest BCUT2D eigenvalue weighted by atomic mass is 10.2. The number of piperazine rings is 1. The maximum Gasteiger partial charge on any atom is 0.186 e. The molecule has 1 aliphatic heterocycles. The summed E-state index contributed by atoms with van der Waals surface area (Å²) < 4.78 is 1.18. The summed E-state index contributed by atoms with van der Waals surface area (Å²) in [4.78, 5) is 6.99. The molecule has 0 saturated carbocycles. The maximum absolute atomic E-state index is 6.23. The fourth-order valence-corrected chi connectivity index (χ4v) is 3.61. The van der Waals surface area contributed by atoms with Crippen molar-refractivity contribution in [3.8, 4) is 0 Å². The molecule has 0 aliphatic carbocycles. The van der Waals surface area contributed by atoms with Crippen LogP contribution < -0.4 is 10.2 Å². The van der Waals surface area contributed by atoms with E-state index in [2.05, 4.69) is 28.2 Å². The van der Waals surface area contributed by atoms with E-state index in [1.807, 2.05) is 6.07 Å². The Kier molecular flexibility index (Phi) is 2.94. The molecule has 3 rings (SSSR count). The number of aromatic nitrogens is 1. The van der Waals surface area contributed by atoms with E-state index in [1.165, 1.54) is 10.3 Å². The van der Waals surface area contributed by atoms with Gasteiger partial charge in [-0.05, 0) is 24.6 Å². The Morgan fingerprint density at radius 1 is 1.35 bits per heavy atom. The van der Waals surface area contributed by atoms with Crippen LogP contribution in [0.25, 0.3) is 10.2 Å². The van der Waals surface area contributed by atoms with E-state index in [-0.39, 0.29) is 0 Å². The number of thiazole rings is 1. The number of aryl methyl sites for hydroxylation is 1. The highest BCUT2D eigenvalue weighted by Gasteiger charge is 2.15. The second kappa shape index (κ2) is 4.44. The van der Waals surface area contributed by atoms with Crippen molar-refractivity contribution in [2.75, 3.05) is 31.1 Å². The SMILES string of the molecule is Cc1cc(Cl)c2nc(N3CCNCC3)sc2c1. The number of rotatable bonds is 1. The summed E-state index contributed by atoms with van der Waals surface area (Å²) in [5.41, 5.74) is 2.13. The first-order valence-electron chi connectivity index (χ1n) is 5.76. The molecule has 1 saturated heterocycles. The van der Waals surface area contributed by atoms with Gasteiger partial charge in [0.2, 0.25) is 0 Å². The highest BCUT2D eigenvalue weighted by molar-refractivity contribution is 7.22. The minimum atomic E-state index is 0.762. The van der Waals surface area contributed by atoms with Crippen LogP contribution in [-0.2, 0) is 0 Å². The van der Waals surface area contributed by atoms with Gasteiger partial charge in [-0.15, -0.1) is 0 Å². The highest BCUT2D eigenvalue weighted by Crippen LogP contribution is 2.33. The van der Waals surface area contributed by atoms with Crippen molar-refractivity contribution in [2.24, 2.45) is 0 Å². The van der Waals surface area contributed by atoms with E-state index in [4.69, 9.17) is 11.6 Å². The molecular formula is C12H14ClN3S. The number of halogens is 1. The second-order valence-corrected chi connectivity index (χ2v) is 5.74.